The van der Waals surface area contributed by atoms with Crippen molar-refractivity contribution in [1.82, 2.24) is 15.5 Å². The van der Waals surface area contributed by atoms with Crippen LogP contribution in [0.3, 0.4) is 0 Å². The molecule has 2 aromatic carbocycles. The summed E-state index contributed by atoms with van der Waals surface area (Å²) in [7, 11) is 0. The Bertz CT molecular complexity index is 1310. The molecule has 1 amide bonds. The van der Waals surface area contributed by atoms with E-state index in [-0.39, 0.29) is 17.8 Å². The normalized spacial score (nSPS) is 14.0. The minimum atomic E-state index is -4.43. The van der Waals surface area contributed by atoms with Gasteiger partial charge in [0, 0.05) is 22.2 Å². The monoisotopic (exact) mass is 439 g/mol. The summed E-state index contributed by atoms with van der Waals surface area (Å²) in [5.74, 6) is -0.996. The van der Waals surface area contributed by atoms with Crippen molar-refractivity contribution in [3.63, 3.8) is 0 Å². The van der Waals surface area contributed by atoms with Gasteiger partial charge in [-0.2, -0.15) is 18.3 Å². The zero-order chi connectivity index (χ0) is 22.9. The number of nitrogens with one attached hydrogen (secondary N) is 2. The van der Waals surface area contributed by atoms with Gasteiger partial charge in [0.05, 0.1) is 5.52 Å². The van der Waals surface area contributed by atoms with Crippen molar-refractivity contribution in [2.45, 2.75) is 12.6 Å². The standard InChI is InChI=1S/C24H17F4N3O/c1-2-17-18(7-4-8-20(17)25)14-9-12-21-19(13-14)22(31-30-21)23(32)29-16-6-3-5-15(10-11-16)24(26,27)28/h2-9,11-13H,1,10H2,(H,29,32)(H,30,31). The summed E-state index contributed by atoms with van der Waals surface area (Å²) >= 11 is 0. The van der Waals surface area contributed by atoms with E-state index in [2.05, 4.69) is 22.1 Å². The lowest BCUT2D eigenvalue weighted by Crippen LogP contribution is -2.22. The number of fused-ring (bicyclic) bond motifs is 1. The number of allylic oxidation sites excluding steroid dienone is 5. The first-order chi connectivity index (χ1) is 15.3. The van der Waals surface area contributed by atoms with Gasteiger partial charge in [-0.25, -0.2) is 4.39 Å². The van der Waals surface area contributed by atoms with Gasteiger partial charge in [0.2, 0.25) is 0 Å². The van der Waals surface area contributed by atoms with Gasteiger partial charge in [-0.05, 0) is 41.8 Å². The molecule has 1 aliphatic rings. The highest BCUT2D eigenvalue weighted by molar-refractivity contribution is 6.06. The van der Waals surface area contributed by atoms with E-state index >= 15 is 0 Å². The predicted molar refractivity (Wildman–Crippen MR) is 115 cm³/mol. The molecule has 4 nitrogen and oxygen atoms in total. The lowest BCUT2D eigenvalue weighted by atomic mass is 9.97. The Labute approximate surface area is 180 Å². The Morgan fingerprint density at radius 1 is 1.22 bits per heavy atom. The molecular weight excluding hydrogens is 422 g/mol. The van der Waals surface area contributed by atoms with E-state index in [1.54, 1.807) is 30.3 Å². The van der Waals surface area contributed by atoms with Crippen LogP contribution in [-0.2, 0) is 0 Å². The van der Waals surface area contributed by atoms with Crippen molar-refractivity contribution in [3.05, 3.63) is 95.6 Å². The Balaban J connectivity index is 1.64. The molecule has 8 heteroatoms. The third kappa shape index (κ3) is 4.12. The summed E-state index contributed by atoms with van der Waals surface area (Å²) in [4.78, 5) is 12.8. The Hall–Kier alpha value is -3.94. The number of benzene rings is 2. The number of alkyl halides is 3. The molecule has 1 heterocycles. The molecule has 0 saturated carbocycles. The molecule has 1 aliphatic carbocycles. The van der Waals surface area contributed by atoms with Gasteiger partial charge >= 0.3 is 6.18 Å². The zero-order valence-electron chi connectivity index (χ0n) is 16.6. The summed E-state index contributed by atoms with van der Waals surface area (Å²) in [6.45, 7) is 3.66. The van der Waals surface area contributed by atoms with E-state index in [9.17, 15) is 22.4 Å². The van der Waals surface area contributed by atoms with Crippen molar-refractivity contribution in [2.75, 3.05) is 0 Å². The lowest BCUT2D eigenvalue weighted by Gasteiger charge is -2.09. The molecule has 0 bridgehead atoms. The van der Waals surface area contributed by atoms with Crippen molar-refractivity contribution < 1.29 is 22.4 Å². The van der Waals surface area contributed by atoms with Crippen LogP contribution in [-0.4, -0.2) is 22.3 Å². The highest BCUT2D eigenvalue weighted by atomic mass is 19.4. The van der Waals surface area contributed by atoms with Crippen LogP contribution >= 0.6 is 0 Å². The highest BCUT2D eigenvalue weighted by Gasteiger charge is 2.32. The van der Waals surface area contributed by atoms with Crippen molar-refractivity contribution in [1.29, 1.82) is 0 Å². The molecule has 2 N–H and O–H groups in total. The first-order valence-electron chi connectivity index (χ1n) is 9.63. The van der Waals surface area contributed by atoms with E-state index in [4.69, 9.17) is 0 Å². The van der Waals surface area contributed by atoms with Crippen LogP contribution in [0.15, 0.2) is 78.6 Å². The third-order valence-electron chi connectivity index (χ3n) is 5.08. The molecule has 4 rings (SSSR count). The molecule has 162 valence electrons. The molecule has 0 saturated heterocycles. The summed E-state index contributed by atoms with van der Waals surface area (Å²) in [6, 6.07) is 9.85. The minimum Gasteiger partial charge on any atom is -0.321 e. The van der Waals surface area contributed by atoms with Crippen LogP contribution in [0.25, 0.3) is 28.1 Å². The van der Waals surface area contributed by atoms with Gasteiger partial charge in [-0.1, -0.05) is 49.1 Å². The Morgan fingerprint density at radius 2 is 2.03 bits per heavy atom. The lowest BCUT2D eigenvalue weighted by molar-refractivity contribution is -0.0928. The van der Waals surface area contributed by atoms with Crippen molar-refractivity contribution >= 4 is 22.9 Å². The topological polar surface area (TPSA) is 57.8 Å². The number of nitrogens with zero attached hydrogens (tertiary/aromatic N) is 1. The zero-order valence-corrected chi connectivity index (χ0v) is 16.6. The van der Waals surface area contributed by atoms with Crippen LogP contribution in [0.4, 0.5) is 17.6 Å². The van der Waals surface area contributed by atoms with E-state index in [1.165, 1.54) is 30.4 Å². The SMILES string of the molecule is C=Cc1c(F)cccc1-c1ccc2[nH]nc(C(=O)NC3=CCC(C(F)(F)F)=CC=C3)c2c1. The number of halogens is 4. The van der Waals surface area contributed by atoms with E-state index in [1.807, 2.05) is 0 Å². The van der Waals surface area contributed by atoms with Gasteiger partial charge < -0.3 is 5.32 Å². The second kappa shape index (κ2) is 8.30. The maximum atomic E-state index is 14.2. The van der Waals surface area contributed by atoms with Crippen molar-refractivity contribution in [2.24, 2.45) is 0 Å². The number of carbonyl (C=O) groups excluding carboxylic acids is 1. The third-order valence-corrected chi connectivity index (χ3v) is 5.08. The van der Waals surface area contributed by atoms with Crippen LogP contribution in [0, 0.1) is 5.82 Å². The summed E-state index contributed by atoms with van der Waals surface area (Å²) in [5, 5.41) is 9.90. The largest absolute Gasteiger partial charge is 0.412 e. The van der Waals surface area contributed by atoms with Gasteiger partial charge in [-0.3, -0.25) is 9.89 Å². The second-order valence-electron chi connectivity index (χ2n) is 7.10. The number of carbonyl (C=O) groups is 1. The quantitative estimate of drug-likeness (QED) is 0.485. The number of H-pyrrole nitrogens is 1. The molecule has 0 radical (unpaired) electrons. The van der Waals surface area contributed by atoms with Gasteiger partial charge in [0.15, 0.2) is 5.69 Å². The molecule has 32 heavy (non-hydrogen) atoms. The average Bonchev–Trinajstić information content (AvgIpc) is 3.03. The molecule has 0 unspecified atom stereocenters. The average molecular weight is 439 g/mol. The number of hydrogen-bond donors (Lipinski definition) is 2. The van der Waals surface area contributed by atoms with Crippen LogP contribution in [0.5, 0.6) is 0 Å². The molecule has 3 aromatic rings. The van der Waals surface area contributed by atoms with Crippen LogP contribution in [0.2, 0.25) is 0 Å². The Morgan fingerprint density at radius 3 is 2.78 bits per heavy atom. The van der Waals surface area contributed by atoms with E-state index in [0.717, 1.165) is 6.08 Å². The van der Waals surface area contributed by atoms with Crippen molar-refractivity contribution in [3.8, 4) is 11.1 Å². The smallest absolute Gasteiger partial charge is 0.321 e. The molecule has 0 aliphatic heterocycles. The molecule has 0 fully saturated rings. The molecule has 0 atom stereocenters. The maximum Gasteiger partial charge on any atom is 0.412 e. The highest BCUT2D eigenvalue weighted by Crippen LogP contribution is 2.31. The number of rotatable bonds is 4. The maximum absolute atomic E-state index is 14.2. The predicted octanol–water partition coefficient (Wildman–Crippen LogP) is 6.07. The number of aromatic nitrogens is 2. The first kappa shape index (κ1) is 21.3. The number of hydrogen-bond acceptors (Lipinski definition) is 2. The molecular formula is C24H17F4N3O. The van der Waals surface area contributed by atoms with Gasteiger partial charge in [0.25, 0.3) is 5.91 Å². The minimum absolute atomic E-state index is 0.0703. The fraction of sp³-hybridized carbons (Fsp3) is 0.0833. The van der Waals surface area contributed by atoms with Crippen LogP contribution < -0.4 is 5.32 Å². The second-order valence-corrected chi connectivity index (χ2v) is 7.10. The van der Waals surface area contributed by atoms with E-state index < -0.39 is 23.5 Å². The fourth-order valence-corrected chi connectivity index (χ4v) is 3.47. The molecule has 0 spiro atoms. The van der Waals surface area contributed by atoms with Gasteiger partial charge in [0.1, 0.15) is 5.82 Å². The van der Waals surface area contributed by atoms with Crippen LogP contribution in [0.1, 0.15) is 22.5 Å². The van der Waals surface area contributed by atoms with E-state index in [0.29, 0.717) is 27.6 Å². The molecule has 1 aromatic heterocycles. The summed E-state index contributed by atoms with van der Waals surface area (Å²) in [5.41, 5.74) is 1.79. The van der Waals surface area contributed by atoms with Gasteiger partial charge in [-0.15, -0.1) is 0 Å². The Kier molecular flexibility index (Phi) is 5.52. The summed E-state index contributed by atoms with van der Waals surface area (Å²) < 4.78 is 52.9. The number of amides is 1. The number of aromatic amines is 1. The summed E-state index contributed by atoms with van der Waals surface area (Å²) in [6.07, 6.45) is 1.53. The first-order valence-corrected chi connectivity index (χ1v) is 9.63. The fourth-order valence-electron chi connectivity index (χ4n) is 3.47.